The zero-order valence-corrected chi connectivity index (χ0v) is 14.0. The molecule has 0 aliphatic carbocycles. The van der Waals surface area contributed by atoms with Crippen molar-refractivity contribution in [3.63, 3.8) is 0 Å². The summed E-state index contributed by atoms with van der Waals surface area (Å²) in [5.74, 6) is -0.742. The van der Waals surface area contributed by atoms with Crippen LogP contribution in [-0.2, 0) is 14.8 Å². The van der Waals surface area contributed by atoms with Crippen LogP contribution in [0.3, 0.4) is 0 Å². The molecule has 0 aromatic heterocycles. The van der Waals surface area contributed by atoms with Gasteiger partial charge in [-0.05, 0) is 47.0 Å². The summed E-state index contributed by atoms with van der Waals surface area (Å²) in [6.45, 7) is 1.13. The number of carbonyl (C=O) groups is 1. The predicted molar refractivity (Wildman–Crippen MR) is 79.7 cm³/mol. The van der Waals surface area contributed by atoms with Crippen molar-refractivity contribution in [2.75, 3.05) is 26.7 Å². The van der Waals surface area contributed by atoms with E-state index in [0.717, 1.165) is 29.3 Å². The summed E-state index contributed by atoms with van der Waals surface area (Å²) in [7, 11) is -2.49. The summed E-state index contributed by atoms with van der Waals surface area (Å²) >= 11 is 3.04. The molecule has 8 heteroatoms. The number of hydrogen-bond donors (Lipinski definition) is 0. The highest BCUT2D eigenvalue weighted by Gasteiger charge is 2.27. The van der Waals surface area contributed by atoms with Crippen molar-refractivity contribution in [1.29, 1.82) is 0 Å². The Hall–Kier alpha value is -0.990. The maximum atomic E-state index is 13.1. The minimum absolute atomic E-state index is 0.0550. The van der Waals surface area contributed by atoms with Crippen molar-refractivity contribution < 1.29 is 17.6 Å². The summed E-state index contributed by atoms with van der Waals surface area (Å²) in [4.78, 5) is 13.6. The Morgan fingerprint density at radius 3 is 2.57 bits per heavy atom. The number of amides is 1. The topological polar surface area (TPSA) is 57.7 Å². The van der Waals surface area contributed by atoms with Crippen LogP contribution in [0.4, 0.5) is 4.39 Å². The van der Waals surface area contributed by atoms with Gasteiger partial charge in [-0.25, -0.2) is 12.8 Å². The Morgan fingerprint density at radius 2 is 2.00 bits per heavy atom. The van der Waals surface area contributed by atoms with Crippen molar-refractivity contribution in [3.8, 4) is 0 Å². The second-order valence-electron chi connectivity index (χ2n) is 4.92. The van der Waals surface area contributed by atoms with Gasteiger partial charge in [0.05, 0.1) is 11.4 Å². The Kier molecular flexibility index (Phi) is 5.00. The molecule has 1 heterocycles. The highest BCUT2D eigenvalue weighted by atomic mass is 79.9. The zero-order valence-electron chi connectivity index (χ0n) is 11.6. The molecule has 1 amide bonds. The van der Waals surface area contributed by atoms with Crippen LogP contribution in [0.1, 0.15) is 12.8 Å². The molecule has 0 radical (unpaired) electrons. The van der Waals surface area contributed by atoms with E-state index in [9.17, 15) is 17.6 Å². The summed E-state index contributed by atoms with van der Waals surface area (Å²) in [5, 5.41) is 0. The number of hydrogen-bond acceptors (Lipinski definition) is 3. The Bertz CT molecular complexity index is 645. The quantitative estimate of drug-likeness (QED) is 0.802. The molecule has 2 rings (SSSR count). The summed E-state index contributed by atoms with van der Waals surface area (Å²) in [6, 6.07) is 3.35. The molecule has 1 aromatic rings. The lowest BCUT2D eigenvalue weighted by molar-refractivity contribution is -0.130. The van der Waals surface area contributed by atoms with Gasteiger partial charge in [-0.15, -0.1) is 0 Å². The molecule has 0 saturated carbocycles. The maximum absolute atomic E-state index is 13.1. The number of likely N-dealkylation sites (N-methyl/N-ethyl adjacent to an activating group) is 1. The fraction of sp³-hybridized carbons (Fsp3) is 0.462. The van der Waals surface area contributed by atoms with Gasteiger partial charge in [0.1, 0.15) is 5.82 Å². The molecule has 1 saturated heterocycles. The molecular weight excluding hydrogens is 363 g/mol. The highest BCUT2D eigenvalue weighted by molar-refractivity contribution is 9.10. The molecule has 5 nitrogen and oxygen atoms in total. The van der Waals surface area contributed by atoms with E-state index in [4.69, 9.17) is 0 Å². The van der Waals surface area contributed by atoms with E-state index < -0.39 is 15.8 Å². The first-order valence-electron chi connectivity index (χ1n) is 6.51. The second-order valence-corrected chi connectivity index (χ2v) is 7.79. The first kappa shape index (κ1) is 16.4. The molecule has 116 valence electrons. The van der Waals surface area contributed by atoms with E-state index in [1.54, 1.807) is 4.90 Å². The van der Waals surface area contributed by atoms with Crippen LogP contribution in [0.5, 0.6) is 0 Å². The third kappa shape index (κ3) is 3.61. The normalized spacial score (nSPS) is 15.7. The molecule has 0 bridgehead atoms. The van der Waals surface area contributed by atoms with Gasteiger partial charge < -0.3 is 4.90 Å². The number of sulfonamides is 1. The number of nitrogens with zero attached hydrogens (tertiary/aromatic N) is 2. The third-order valence-electron chi connectivity index (χ3n) is 3.40. The molecule has 0 spiro atoms. The number of rotatable bonds is 4. The average molecular weight is 379 g/mol. The molecular formula is C13H16BrFN2O3S. The first-order chi connectivity index (χ1) is 9.82. The number of halogens is 2. The summed E-state index contributed by atoms with van der Waals surface area (Å²) < 4.78 is 39.0. The van der Waals surface area contributed by atoms with E-state index in [1.807, 2.05) is 0 Å². The lowest BCUT2D eigenvalue weighted by Gasteiger charge is -2.21. The number of carbonyl (C=O) groups excluding carboxylic acids is 1. The van der Waals surface area contributed by atoms with Crippen LogP contribution in [0, 0.1) is 5.82 Å². The van der Waals surface area contributed by atoms with Gasteiger partial charge in [0.25, 0.3) is 0 Å². The second kappa shape index (κ2) is 6.41. The van der Waals surface area contributed by atoms with Gasteiger partial charge in [0.2, 0.25) is 15.9 Å². The van der Waals surface area contributed by atoms with Gasteiger partial charge in [-0.3, -0.25) is 4.79 Å². The van der Waals surface area contributed by atoms with E-state index in [2.05, 4.69) is 15.9 Å². The van der Waals surface area contributed by atoms with Crippen molar-refractivity contribution in [3.05, 3.63) is 28.5 Å². The fourth-order valence-corrected chi connectivity index (χ4v) is 4.32. The molecule has 1 fully saturated rings. The Balaban J connectivity index is 2.16. The van der Waals surface area contributed by atoms with Crippen molar-refractivity contribution in [2.45, 2.75) is 17.7 Å². The molecule has 0 atom stereocenters. The lowest BCUT2D eigenvalue weighted by atomic mass is 10.3. The summed E-state index contributed by atoms with van der Waals surface area (Å²) in [5.41, 5.74) is 0. The van der Waals surface area contributed by atoms with Crippen LogP contribution in [-0.4, -0.2) is 50.2 Å². The molecule has 1 aliphatic heterocycles. The average Bonchev–Trinajstić information content (AvgIpc) is 2.91. The number of benzene rings is 1. The van der Waals surface area contributed by atoms with E-state index in [1.165, 1.54) is 13.1 Å². The van der Waals surface area contributed by atoms with Crippen LogP contribution >= 0.6 is 15.9 Å². The van der Waals surface area contributed by atoms with Crippen molar-refractivity contribution in [1.82, 2.24) is 9.21 Å². The van der Waals surface area contributed by atoms with Crippen LogP contribution in [0.15, 0.2) is 27.6 Å². The predicted octanol–water partition coefficient (Wildman–Crippen LogP) is 1.83. The molecule has 1 aromatic carbocycles. The van der Waals surface area contributed by atoms with Gasteiger partial charge in [-0.1, -0.05) is 0 Å². The Labute approximate surface area is 131 Å². The van der Waals surface area contributed by atoms with Gasteiger partial charge in [0, 0.05) is 24.6 Å². The van der Waals surface area contributed by atoms with Crippen LogP contribution in [0.2, 0.25) is 0 Å². The molecule has 21 heavy (non-hydrogen) atoms. The smallest absolute Gasteiger partial charge is 0.244 e. The molecule has 0 unspecified atom stereocenters. The highest BCUT2D eigenvalue weighted by Crippen LogP contribution is 2.25. The van der Waals surface area contributed by atoms with E-state index >= 15 is 0 Å². The van der Waals surface area contributed by atoms with Gasteiger partial charge >= 0.3 is 0 Å². The molecule has 1 aliphatic rings. The monoisotopic (exact) mass is 378 g/mol. The largest absolute Gasteiger partial charge is 0.342 e. The van der Waals surface area contributed by atoms with Crippen molar-refractivity contribution >= 4 is 31.9 Å². The minimum atomic E-state index is -3.84. The first-order valence-corrected chi connectivity index (χ1v) is 8.75. The maximum Gasteiger partial charge on any atom is 0.244 e. The standard InChI is InChI=1S/C13H16BrFN2O3S/c1-16(9-13(18)17-6-2-3-7-17)21(19,20)12-5-4-10(15)8-11(12)14/h4-5,8H,2-3,6-7,9H2,1H3. The minimum Gasteiger partial charge on any atom is -0.342 e. The third-order valence-corrected chi connectivity index (χ3v) is 6.18. The van der Waals surface area contributed by atoms with Gasteiger partial charge in [0.15, 0.2) is 0 Å². The van der Waals surface area contributed by atoms with Crippen molar-refractivity contribution in [2.24, 2.45) is 0 Å². The van der Waals surface area contributed by atoms with E-state index in [0.29, 0.717) is 13.1 Å². The summed E-state index contributed by atoms with van der Waals surface area (Å²) in [6.07, 6.45) is 1.90. The van der Waals surface area contributed by atoms with Crippen LogP contribution < -0.4 is 0 Å². The fourth-order valence-electron chi connectivity index (χ4n) is 2.19. The Morgan fingerprint density at radius 1 is 1.38 bits per heavy atom. The van der Waals surface area contributed by atoms with Gasteiger partial charge in [-0.2, -0.15) is 4.31 Å². The van der Waals surface area contributed by atoms with E-state index in [-0.39, 0.29) is 21.8 Å². The SMILES string of the molecule is CN(CC(=O)N1CCCC1)S(=O)(=O)c1ccc(F)cc1Br. The van der Waals surface area contributed by atoms with Crippen LogP contribution in [0.25, 0.3) is 0 Å². The zero-order chi connectivity index (χ0) is 15.6. The number of likely N-dealkylation sites (tertiary alicyclic amines) is 1. The lowest BCUT2D eigenvalue weighted by Crippen LogP contribution is -2.39. The molecule has 0 N–H and O–H groups in total.